The molecule has 0 saturated heterocycles. The Bertz CT molecular complexity index is 389. The van der Waals surface area contributed by atoms with Crippen LogP contribution in [-0.4, -0.2) is 13.1 Å². The monoisotopic (exact) mass is 262 g/mol. The summed E-state index contributed by atoms with van der Waals surface area (Å²) in [7, 11) is 1.58. The highest BCUT2D eigenvalue weighted by atomic mass is 16.6. The maximum absolute atomic E-state index is 11.3. The van der Waals surface area contributed by atoms with Gasteiger partial charge in [-0.25, -0.2) is 4.79 Å². The molecule has 0 atom stereocenters. The van der Waals surface area contributed by atoms with Crippen LogP contribution in [-0.2, 0) is 14.3 Å². The lowest BCUT2D eigenvalue weighted by Crippen LogP contribution is -2.04. The van der Waals surface area contributed by atoms with Gasteiger partial charge in [0.25, 0.3) is 0 Å². The van der Waals surface area contributed by atoms with Gasteiger partial charge < -0.3 is 9.47 Å². The first-order chi connectivity index (χ1) is 9.27. The van der Waals surface area contributed by atoms with E-state index in [-0.39, 0.29) is 0 Å². The van der Waals surface area contributed by atoms with E-state index in [1.165, 1.54) is 18.9 Å². The zero-order chi connectivity index (χ0) is 13.9. The number of methoxy groups -OCH3 is 1. The predicted molar refractivity (Wildman–Crippen MR) is 76.3 cm³/mol. The minimum absolute atomic E-state index is 0.444. The van der Waals surface area contributed by atoms with Crippen LogP contribution >= 0.6 is 0 Å². The molecule has 3 nitrogen and oxygen atoms in total. The summed E-state index contributed by atoms with van der Waals surface area (Å²) in [5.41, 5.74) is 0. The molecule has 1 aliphatic rings. The summed E-state index contributed by atoms with van der Waals surface area (Å²) in [6, 6.07) is 0. The average molecular weight is 262 g/mol. The fourth-order valence-corrected chi connectivity index (χ4v) is 1.88. The van der Waals surface area contributed by atoms with E-state index in [1.54, 1.807) is 7.11 Å². The number of esters is 1. The Kier molecular flexibility index (Phi) is 7.40. The van der Waals surface area contributed by atoms with Crippen molar-refractivity contribution in [1.82, 2.24) is 0 Å². The second-order valence-corrected chi connectivity index (χ2v) is 4.36. The third-order valence-corrected chi connectivity index (χ3v) is 2.90. The fourth-order valence-electron chi connectivity index (χ4n) is 1.88. The molecule has 0 fully saturated rings. The Hall–Kier alpha value is -1.77. The summed E-state index contributed by atoms with van der Waals surface area (Å²) in [6.45, 7) is 3.41. The van der Waals surface area contributed by atoms with Gasteiger partial charge in [-0.15, -0.1) is 0 Å². The van der Waals surface area contributed by atoms with Gasteiger partial charge in [-0.3, -0.25) is 0 Å². The Morgan fingerprint density at radius 1 is 1.26 bits per heavy atom. The van der Waals surface area contributed by atoms with Crippen molar-refractivity contribution in [2.75, 3.05) is 7.11 Å². The number of allylic oxidation sites excluding steroid dienone is 5. The van der Waals surface area contributed by atoms with E-state index >= 15 is 0 Å². The highest BCUT2D eigenvalue weighted by molar-refractivity contribution is 5.82. The van der Waals surface area contributed by atoms with Crippen molar-refractivity contribution in [1.29, 1.82) is 0 Å². The fraction of sp³-hybridized carbons (Fsp3) is 0.438. The largest absolute Gasteiger partial charge is 0.493 e. The summed E-state index contributed by atoms with van der Waals surface area (Å²) < 4.78 is 10.6. The van der Waals surface area contributed by atoms with E-state index in [2.05, 4.69) is 12.7 Å². The smallest absolute Gasteiger partial charge is 0.335 e. The van der Waals surface area contributed by atoms with Crippen molar-refractivity contribution >= 4 is 5.97 Å². The lowest BCUT2D eigenvalue weighted by Gasteiger charge is -2.11. The molecule has 0 aliphatic heterocycles. The number of rotatable bonds is 3. The van der Waals surface area contributed by atoms with E-state index in [9.17, 15) is 4.79 Å². The minimum Gasteiger partial charge on any atom is -0.493 e. The van der Waals surface area contributed by atoms with Crippen LogP contribution in [0.2, 0.25) is 0 Å². The second-order valence-electron chi connectivity index (χ2n) is 4.36. The van der Waals surface area contributed by atoms with E-state index in [0.717, 1.165) is 19.3 Å². The van der Waals surface area contributed by atoms with Gasteiger partial charge in [0.05, 0.1) is 7.11 Å². The first-order valence-corrected chi connectivity index (χ1v) is 6.72. The maximum Gasteiger partial charge on any atom is 0.335 e. The molecule has 19 heavy (non-hydrogen) atoms. The Morgan fingerprint density at radius 2 is 2.05 bits per heavy atom. The van der Waals surface area contributed by atoms with Crippen LogP contribution < -0.4 is 0 Å². The van der Waals surface area contributed by atoms with E-state index in [0.29, 0.717) is 17.9 Å². The molecule has 1 rings (SSSR count). The first kappa shape index (κ1) is 15.3. The molecule has 0 aromatic heterocycles. The average Bonchev–Trinajstić information content (AvgIpc) is 2.41. The van der Waals surface area contributed by atoms with Gasteiger partial charge in [0.15, 0.2) is 5.76 Å². The van der Waals surface area contributed by atoms with Gasteiger partial charge in [-0.1, -0.05) is 37.6 Å². The molecule has 0 N–H and O–H groups in total. The molecule has 0 aromatic rings. The van der Waals surface area contributed by atoms with Gasteiger partial charge in [-0.05, 0) is 25.3 Å². The molecular formula is C16H22O3. The molecule has 0 unspecified atom stereocenters. The van der Waals surface area contributed by atoms with Crippen molar-refractivity contribution in [2.45, 2.75) is 38.5 Å². The lowest BCUT2D eigenvalue weighted by molar-refractivity contribution is -0.134. The van der Waals surface area contributed by atoms with Crippen LogP contribution in [0, 0.1) is 0 Å². The van der Waals surface area contributed by atoms with Crippen molar-refractivity contribution in [3.8, 4) is 0 Å². The van der Waals surface area contributed by atoms with Gasteiger partial charge in [0.2, 0.25) is 0 Å². The Morgan fingerprint density at radius 3 is 2.79 bits per heavy atom. The quantitative estimate of drug-likeness (QED) is 0.569. The highest BCUT2D eigenvalue weighted by Crippen LogP contribution is 2.19. The van der Waals surface area contributed by atoms with Crippen molar-refractivity contribution < 1.29 is 14.3 Å². The van der Waals surface area contributed by atoms with Crippen LogP contribution in [0.15, 0.2) is 48.5 Å². The summed E-state index contributed by atoms with van der Waals surface area (Å²) in [4.78, 5) is 11.3. The summed E-state index contributed by atoms with van der Waals surface area (Å²) in [6.07, 6.45) is 15.4. The summed E-state index contributed by atoms with van der Waals surface area (Å²) in [5.74, 6) is 0.735. The van der Waals surface area contributed by atoms with E-state index < -0.39 is 5.97 Å². The van der Waals surface area contributed by atoms with Crippen LogP contribution in [0.4, 0.5) is 0 Å². The molecule has 0 radical (unpaired) electrons. The van der Waals surface area contributed by atoms with Crippen molar-refractivity contribution in [2.24, 2.45) is 0 Å². The van der Waals surface area contributed by atoms with Crippen LogP contribution in [0.5, 0.6) is 0 Å². The summed E-state index contributed by atoms with van der Waals surface area (Å²) in [5, 5.41) is 0. The van der Waals surface area contributed by atoms with Crippen LogP contribution in [0.1, 0.15) is 38.5 Å². The molecule has 0 saturated carbocycles. The topological polar surface area (TPSA) is 35.5 Å². The van der Waals surface area contributed by atoms with Gasteiger partial charge in [0, 0.05) is 12.5 Å². The highest BCUT2D eigenvalue weighted by Gasteiger charge is 2.10. The van der Waals surface area contributed by atoms with Gasteiger partial charge in [0.1, 0.15) is 5.76 Å². The SMILES string of the molecule is C=CC(=O)OC1=C(OC)C=CC=CCCCCCC1. The molecule has 104 valence electrons. The third kappa shape index (κ3) is 6.09. The van der Waals surface area contributed by atoms with Crippen LogP contribution in [0.3, 0.4) is 0 Å². The zero-order valence-corrected chi connectivity index (χ0v) is 11.6. The van der Waals surface area contributed by atoms with Gasteiger partial charge in [-0.2, -0.15) is 0 Å². The van der Waals surface area contributed by atoms with E-state index in [4.69, 9.17) is 9.47 Å². The zero-order valence-electron chi connectivity index (χ0n) is 11.6. The summed E-state index contributed by atoms with van der Waals surface area (Å²) >= 11 is 0. The molecular weight excluding hydrogens is 240 g/mol. The molecule has 0 bridgehead atoms. The van der Waals surface area contributed by atoms with E-state index in [1.807, 2.05) is 18.2 Å². The number of hydrogen-bond acceptors (Lipinski definition) is 3. The van der Waals surface area contributed by atoms with Crippen molar-refractivity contribution in [3.05, 3.63) is 48.5 Å². The molecule has 0 aromatic carbocycles. The Balaban J connectivity index is 2.89. The molecule has 0 spiro atoms. The number of carbonyl (C=O) groups excluding carboxylic acids is 1. The lowest BCUT2D eigenvalue weighted by atomic mass is 10.1. The van der Waals surface area contributed by atoms with Crippen LogP contribution in [0.25, 0.3) is 0 Å². The molecule has 0 amide bonds. The molecule has 3 heteroatoms. The number of hydrogen-bond donors (Lipinski definition) is 0. The predicted octanol–water partition coefficient (Wildman–Crippen LogP) is 4.04. The standard InChI is InChI=1S/C16H22O3/c1-3-16(17)19-15-13-11-9-7-5-4-6-8-10-12-14(15)18-2/h3,6,8,10,12H,1,4-5,7,9,11,13H2,2H3. The Labute approximate surface area is 115 Å². The van der Waals surface area contributed by atoms with Gasteiger partial charge >= 0.3 is 5.97 Å². The maximum atomic E-state index is 11.3. The third-order valence-electron chi connectivity index (χ3n) is 2.90. The first-order valence-electron chi connectivity index (χ1n) is 6.72. The molecule has 1 aliphatic carbocycles. The molecule has 0 heterocycles. The second kappa shape index (κ2) is 9.20. The number of carbonyl (C=O) groups is 1. The normalized spacial score (nSPS) is 17.3. The number of ether oxygens (including phenoxy) is 2. The minimum atomic E-state index is -0.444. The van der Waals surface area contributed by atoms with Crippen molar-refractivity contribution in [3.63, 3.8) is 0 Å².